The Labute approximate surface area is 112 Å². The molecule has 7 heteroatoms. The van der Waals surface area contributed by atoms with Crippen molar-refractivity contribution in [3.05, 3.63) is 18.5 Å². The van der Waals surface area contributed by atoms with Gasteiger partial charge in [-0.05, 0) is 12.5 Å². The molecule has 0 saturated carbocycles. The number of nitrogens with one attached hydrogen (secondary N) is 2. The van der Waals surface area contributed by atoms with Gasteiger partial charge in [-0.25, -0.2) is 9.59 Å². The van der Waals surface area contributed by atoms with Gasteiger partial charge in [0, 0.05) is 18.9 Å². The molecule has 1 rings (SSSR count). The number of carboxylic acid groups (broad SMARTS) is 1. The van der Waals surface area contributed by atoms with Crippen molar-refractivity contribution in [2.45, 2.75) is 38.8 Å². The van der Waals surface area contributed by atoms with Crippen LogP contribution in [-0.4, -0.2) is 39.5 Å². The molecule has 3 N–H and O–H groups in total. The Morgan fingerprint density at radius 1 is 1.47 bits per heavy atom. The van der Waals surface area contributed by atoms with Crippen LogP contribution in [0.4, 0.5) is 4.79 Å². The molecule has 0 aromatic carbocycles. The Hall–Kier alpha value is -2.05. The molecule has 2 amide bonds. The van der Waals surface area contributed by atoms with Crippen molar-refractivity contribution in [2.75, 3.05) is 6.54 Å². The third-order valence-corrected chi connectivity index (χ3v) is 2.64. The zero-order valence-electron chi connectivity index (χ0n) is 11.0. The maximum absolute atomic E-state index is 11.5. The first-order chi connectivity index (χ1) is 9.13. The van der Waals surface area contributed by atoms with Gasteiger partial charge >= 0.3 is 12.0 Å². The van der Waals surface area contributed by atoms with Gasteiger partial charge in [-0.3, -0.25) is 4.68 Å². The number of amides is 2. The minimum absolute atomic E-state index is 0.396. The average molecular weight is 268 g/mol. The highest BCUT2D eigenvalue weighted by atomic mass is 16.4. The Kier molecular flexibility index (Phi) is 6.42. The van der Waals surface area contributed by atoms with Gasteiger partial charge in [-0.15, -0.1) is 0 Å². The second-order valence-corrected chi connectivity index (χ2v) is 4.20. The highest BCUT2D eigenvalue weighted by Gasteiger charge is 2.18. The van der Waals surface area contributed by atoms with Crippen LogP contribution in [0.25, 0.3) is 0 Å². The monoisotopic (exact) mass is 268 g/mol. The van der Waals surface area contributed by atoms with Crippen LogP contribution in [0.15, 0.2) is 18.5 Å². The summed E-state index contributed by atoms with van der Waals surface area (Å²) in [6.07, 6.45) is 5.56. The number of unbranched alkanes of at least 4 members (excludes halogenated alkanes) is 1. The van der Waals surface area contributed by atoms with Crippen molar-refractivity contribution in [3.8, 4) is 0 Å². The molecule has 0 fully saturated rings. The summed E-state index contributed by atoms with van der Waals surface area (Å²) in [6, 6.07) is 0.506. The summed E-state index contributed by atoms with van der Waals surface area (Å²) in [5, 5.41) is 18.0. The smallest absolute Gasteiger partial charge is 0.326 e. The lowest BCUT2D eigenvalue weighted by Crippen LogP contribution is -2.46. The summed E-state index contributed by atoms with van der Waals surface area (Å²) in [6.45, 7) is 2.92. The summed E-state index contributed by atoms with van der Waals surface area (Å²) < 4.78 is 1.69. The summed E-state index contributed by atoms with van der Waals surface area (Å²) in [4.78, 5) is 22.5. The van der Waals surface area contributed by atoms with E-state index in [0.29, 0.717) is 19.5 Å². The fourth-order valence-corrected chi connectivity index (χ4v) is 1.59. The lowest BCUT2D eigenvalue weighted by atomic mass is 10.1. The largest absolute Gasteiger partial charge is 0.480 e. The van der Waals surface area contributed by atoms with E-state index in [0.717, 1.165) is 12.8 Å². The second kappa shape index (κ2) is 8.12. The van der Waals surface area contributed by atoms with Crippen LogP contribution < -0.4 is 10.6 Å². The maximum Gasteiger partial charge on any atom is 0.326 e. The van der Waals surface area contributed by atoms with Gasteiger partial charge in [0.15, 0.2) is 0 Å². The number of nitrogens with zero attached hydrogens (tertiary/aromatic N) is 2. The lowest BCUT2D eigenvalue weighted by Gasteiger charge is -2.14. The molecular formula is C12H20N4O3. The summed E-state index contributed by atoms with van der Waals surface area (Å²) in [5.41, 5.74) is 0. The van der Waals surface area contributed by atoms with Gasteiger partial charge in [0.1, 0.15) is 6.04 Å². The zero-order valence-corrected chi connectivity index (χ0v) is 11.0. The number of urea groups is 1. The lowest BCUT2D eigenvalue weighted by molar-refractivity contribution is -0.139. The highest BCUT2D eigenvalue weighted by Crippen LogP contribution is 2.00. The predicted molar refractivity (Wildman–Crippen MR) is 69.7 cm³/mol. The molecule has 106 valence electrons. The molecule has 0 unspecified atom stereocenters. The minimum Gasteiger partial charge on any atom is -0.480 e. The van der Waals surface area contributed by atoms with E-state index in [-0.39, 0.29) is 0 Å². The fraction of sp³-hybridized carbons (Fsp3) is 0.583. The molecule has 0 aliphatic carbocycles. The first-order valence-electron chi connectivity index (χ1n) is 6.38. The van der Waals surface area contributed by atoms with Crippen molar-refractivity contribution in [1.29, 1.82) is 0 Å². The van der Waals surface area contributed by atoms with E-state index in [1.165, 1.54) is 0 Å². The van der Waals surface area contributed by atoms with Crippen LogP contribution in [0.1, 0.15) is 26.2 Å². The van der Waals surface area contributed by atoms with Gasteiger partial charge in [0.25, 0.3) is 0 Å². The van der Waals surface area contributed by atoms with Gasteiger partial charge in [-0.2, -0.15) is 5.10 Å². The molecule has 0 bridgehead atoms. The fourth-order valence-electron chi connectivity index (χ4n) is 1.59. The molecule has 19 heavy (non-hydrogen) atoms. The Balaban J connectivity index is 2.25. The van der Waals surface area contributed by atoms with E-state index < -0.39 is 18.0 Å². The van der Waals surface area contributed by atoms with E-state index >= 15 is 0 Å². The normalized spacial score (nSPS) is 11.8. The highest BCUT2D eigenvalue weighted by molar-refractivity contribution is 5.82. The number of carbonyl (C=O) groups is 2. The molecular weight excluding hydrogens is 248 g/mol. The number of carboxylic acids is 1. The molecule has 7 nitrogen and oxygen atoms in total. The number of aliphatic carboxylic acids is 1. The summed E-state index contributed by atoms with van der Waals surface area (Å²) in [7, 11) is 0. The Morgan fingerprint density at radius 3 is 2.84 bits per heavy atom. The van der Waals surface area contributed by atoms with Crippen molar-refractivity contribution < 1.29 is 14.7 Å². The molecule has 0 aliphatic heterocycles. The van der Waals surface area contributed by atoms with Gasteiger partial charge in [0.05, 0.1) is 6.54 Å². The zero-order chi connectivity index (χ0) is 14.1. The third-order valence-electron chi connectivity index (χ3n) is 2.64. The average Bonchev–Trinajstić information content (AvgIpc) is 2.87. The van der Waals surface area contributed by atoms with E-state index in [2.05, 4.69) is 15.7 Å². The maximum atomic E-state index is 11.5. The van der Waals surface area contributed by atoms with Crippen LogP contribution >= 0.6 is 0 Å². The van der Waals surface area contributed by atoms with Crippen LogP contribution in [0.3, 0.4) is 0 Å². The van der Waals surface area contributed by atoms with Crippen molar-refractivity contribution in [1.82, 2.24) is 20.4 Å². The van der Waals surface area contributed by atoms with Gasteiger partial charge in [-0.1, -0.05) is 19.8 Å². The van der Waals surface area contributed by atoms with Crippen LogP contribution in [0.5, 0.6) is 0 Å². The molecule has 1 heterocycles. The molecule has 1 aromatic heterocycles. The molecule has 1 aromatic rings. The van der Waals surface area contributed by atoms with Crippen LogP contribution in [-0.2, 0) is 11.3 Å². The first kappa shape index (κ1) is 15.0. The first-order valence-corrected chi connectivity index (χ1v) is 6.38. The standard InChI is InChI=1S/C12H20N4O3/c1-2-3-5-10(11(17)18)15-12(19)13-7-9-16-8-4-6-14-16/h4,6,8,10H,2-3,5,7,9H2,1H3,(H,17,18)(H2,13,15,19)/t10-/m0/s1. The molecule has 0 radical (unpaired) electrons. The van der Waals surface area contributed by atoms with Crippen molar-refractivity contribution in [2.24, 2.45) is 0 Å². The number of carbonyl (C=O) groups excluding carboxylic acids is 1. The number of hydrogen-bond acceptors (Lipinski definition) is 3. The number of aromatic nitrogens is 2. The van der Waals surface area contributed by atoms with E-state index in [1.54, 1.807) is 23.1 Å². The Morgan fingerprint density at radius 2 is 2.26 bits per heavy atom. The van der Waals surface area contributed by atoms with Crippen LogP contribution in [0, 0.1) is 0 Å². The summed E-state index contributed by atoms with van der Waals surface area (Å²) in [5.74, 6) is -1.00. The quantitative estimate of drug-likeness (QED) is 0.650. The molecule has 0 spiro atoms. The topological polar surface area (TPSA) is 96.3 Å². The van der Waals surface area contributed by atoms with E-state index in [9.17, 15) is 9.59 Å². The second-order valence-electron chi connectivity index (χ2n) is 4.20. The SMILES string of the molecule is CCCC[C@H](NC(=O)NCCn1cccn1)C(=O)O. The number of rotatable bonds is 8. The van der Waals surface area contributed by atoms with E-state index in [1.807, 2.05) is 6.92 Å². The molecule has 0 saturated heterocycles. The van der Waals surface area contributed by atoms with Crippen LogP contribution in [0.2, 0.25) is 0 Å². The molecule has 0 aliphatic rings. The van der Waals surface area contributed by atoms with Gasteiger partial charge in [0.2, 0.25) is 0 Å². The minimum atomic E-state index is -1.00. The van der Waals surface area contributed by atoms with E-state index in [4.69, 9.17) is 5.11 Å². The third kappa shape index (κ3) is 5.89. The van der Waals surface area contributed by atoms with Crippen molar-refractivity contribution in [3.63, 3.8) is 0 Å². The predicted octanol–water partition coefficient (Wildman–Crippen LogP) is 0.826. The summed E-state index contributed by atoms with van der Waals surface area (Å²) >= 11 is 0. The van der Waals surface area contributed by atoms with Gasteiger partial charge < -0.3 is 15.7 Å². The Bertz CT molecular complexity index is 392. The number of hydrogen-bond donors (Lipinski definition) is 3. The molecule has 1 atom stereocenters. The van der Waals surface area contributed by atoms with Crippen molar-refractivity contribution >= 4 is 12.0 Å².